The second-order valence-electron chi connectivity index (χ2n) is 7.47. The zero-order valence-corrected chi connectivity index (χ0v) is 19.8. The number of aliphatic hydroxyl groups is 1. The molecule has 0 aliphatic carbocycles. The summed E-state index contributed by atoms with van der Waals surface area (Å²) in [7, 11) is 0. The Labute approximate surface area is 202 Å². The molecule has 1 atom stereocenters. The van der Waals surface area contributed by atoms with Crippen molar-refractivity contribution in [3.63, 3.8) is 0 Å². The van der Waals surface area contributed by atoms with Gasteiger partial charge in [-0.3, -0.25) is 4.79 Å². The van der Waals surface area contributed by atoms with Crippen LogP contribution >= 0.6 is 0 Å². The molecule has 3 rings (SSSR count). The fourth-order valence-electron chi connectivity index (χ4n) is 3.66. The van der Waals surface area contributed by atoms with Crippen molar-refractivity contribution in [3.8, 4) is 11.1 Å². The number of aliphatic hydroxyl groups excluding tert-OH is 1. The molecule has 0 saturated carbocycles. The molecule has 1 aromatic heterocycles. The number of ketones is 1. The first-order valence-corrected chi connectivity index (χ1v) is 9.74. The van der Waals surface area contributed by atoms with Gasteiger partial charge in [0.1, 0.15) is 11.6 Å². The molecule has 0 spiro atoms. The van der Waals surface area contributed by atoms with Crippen molar-refractivity contribution in [1.29, 1.82) is 0 Å². The normalized spacial score (nSPS) is 12.3. The Hall–Kier alpha value is -2.25. The van der Waals surface area contributed by atoms with Crippen LogP contribution in [0.2, 0.25) is 0 Å². The molecule has 0 fully saturated rings. The van der Waals surface area contributed by atoms with Crippen LogP contribution in [0.4, 0.5) is 4.39 Å². The van der Waals surface area contributed by atoms with Gasteiger partial charge in [0.05, 0.1) is 6.10 Å². The molecule has 0 saturated heterocycles. The van der Waals surface area contributed by atoms with Crippen molar-refractivity contribution >= 4 is 28.7 Å². The molecule has 5 nitrogen and oxygen atoms in total. The standard InChI is InChI=1S/C24H24FNO4.Na/c1-15(2)26-21-6-4-3-5-20(21)24(16-7-9-17(25)10-8-16)22(26)12-11-18(27)13-19(28)14-23(29)30;/h3-12,15,18,27H,13-14H2,1-2H3,(H,29,30);/q;+1/p-1/b12-11+;. The molecule has 31 heavy (non-hydrogen) atoms. The molecule has 3 aromatic rings. The monoisotopic (exact) mass is 431 g/mol. The Kier molecular flexibility index (Phi) is 8.77. The second-order valence-corrected chi connectivity index (χ2v) is 7.47. The van der Waals surface area contributed by atoms with E-state index in [1.807, 2.05) is 38.1 Å². The number of aliphatic carboxylic acids is 1. The first kappa shape index (κ1) is 25.0. The molecule has 1 heterocycles. The Morgan fingerprint density at radius 1 is 1.13 bits per heavy atom. The van der Waals surface area contributed by atoms with E-state index in [2.05, 4.69) is 4.57 Å². The Morgan fingerprint density at radius 3 is 2.39 bits per heavy atom. The number of fused-ring (bicyclic) bond motifs is 1. The average molecular weight is 431 g/mol. The third-order valence-electron chi connectivity index (χ3n) is 4.85. The van der Waals surface area contributed by atoms with Crippen molar-refractivity contribution in [2.75, 3.05) is 0 Å². The summed E-state index contributed by atoms with van der Waals surface area (Å²) in [6.07, 6.45) is 1.05. The van der Waals surface area contributed by atoms with Gasteiger partial charge in [-0.05, 0) is 43.7 Å². The van der Waals surface area contributed by atoms with E-state index in [0.29, 0.717) is 0 Å². The molecule has 2 aromatic carbocycles. The number of hydrogen-bond acceptors (Lipinski definition) is 4. The van der Waals surface area contributed by atoms with Crippen LogP contribution in [-0.4, -0.2) is 27.5 Å². The summed E-state index contributed by atoms with van der Waals surface area (Å²) < 4.78 is 15.6. The molecule has 0 aliphatic heterocycles. The summed E-state index contributed by atoms with van der Waals surface area (Å²) in [5, 5.41) is 21.8. The van der Waals surface area contributed by atoms with Crippen molar-refractivity contribution < 1.29 is 53.7 Å². The molecular weight excluding hydrogens is 408 g/mol. The molecule has 156 valence electrons. The van der Waals surface area contributed by atoms with Crippen LogP contribution in [0.1, 0.15) is 38.4 Å². The number of carboxylic acids is 1. The fraction of sp³-hybridized carbons (Fsp3) is 0.250. The van der Waals surface area contributed by atoms with Gasteiger partial charge in [-0.25, -0.2) is 4.39 Å². The summed E-state index contributed by atoms with van der Waals surface area (Å²) in [5.41, 5.74) is 3.52. The van der Waals surface area contributed by atoms with Gasteiger partial charge in [0, 0.05) is 47.0 Å². The maximum Gasteiger partial charge on any atom is 1.00 e. The minimum Gasteiger partial charge on any atom is -0.550 e. The molecule has 1 N–H and O–H groups in total. The van der Waals surface area contributed by atoms with Gasteiger partial charge >= 0.3 is 29.6 Å². The fourth-order valence-corrected chi connectivity index (χ4v) is 3.66. The van der Waals surface area contributed by atoms with Crippen LogP contribution in [0.3, 0.4) is 0 Å². The predicted octanol–water partition coefficient (Wildman–Crippen LogP) is 0.506. The van der Waals surface area contributed by atoms with Gasteiger partial charge in [-0.2, -0.15) is 0 Å². The van der Waals surface area contributed by atoms with E-state index in [1.165, 1.54) is 18.2 Å². The Balaban J connectivity index is 0.00000341. The summed E-state index contributed by atoms with van der Waals surface area (Å²) in [6.45, 7) is 4.08. The van der Waals surface area contributed by atoms with E-state index in [-0.39, 0.29) is 47.8 Å². The average Bonchev–Trinajstić information content (AvgIpc) is 3.00. The number of nitrogens with zero attached hydrogens (tertiary/aromatic N) is 1. The minimum absolute atomic E-state index is 0. The van der Waals surface area contributed by atoms with E-state index in [0.717, 1.165) is 27.7 Å². The number of carboxylic acid groups (broad SMARTS) is 1. The van der Waals surface area contributed by atoms with Crippen molar-refractivity contribution in [1.82, 2.24) is 4.57 Å². The molecule has 1 unspecified atom stereocenters. The number of carbonyl (C=O) groups excluding carboxylic acids is 2. The molecule has 0 amide bonds. The first-order valence-electron chi connectivity index (χ1n) is 9.74. The summed E-state index contributed by atoms with van der Waals surface area (Å²) in [5.74, 6) is -2.39. The summed E-state index contributed by atoms with van der Waals surface area (Å²) in [6, 6.07) is 14.2. The van der Waals surface area contributed by atoms with E-state index in [1.54, 1.807) is 18.2 Å². The van der Waals surface area contributed by atoms with E-state index in [9.17, 15) is 24.2 Å². The van der Waals surface area contributed by atoms with Gasteiger partial charge in [0.2, 0.25) is 0 Å². The largest absolute Gasteiger partial charge is 1.00 e. The second kappa shape index (κ2) is 10.9. The van der Waals surface area contributed by atoms with Crippen LogP contribution in [0, 0.1) is 5.82 Å². The first-order chi connectivity index (χ1) is 14.3. The molecule has 0 radical (unpaired) electrons. The van der Waals surface area contributed by atoms with Crippen LogP contribution < -0.4 is 34.7 Å². The van der Waals surface area contributed by atoms with Crippen molar-refractivity contribution in [2.24, 2.45) is 0 Å². The summed E-state index contributed by atoms with van der Waals surface area (Å²) in [4.78, 5) is 22.2. The maximum absolute atomic E-state index is 13.5. The molecular formula is C24H23FNNaO4. The number of halogens is 1. The minimum atomic E-state index is -1.46. The number of para-hydroxylation sites is 1. The number of Topliss-reactive ketones (excluding diaryl/α,β-unsaturated/α-hetero) is 1. The number of benzene rings is 2. The number of rotatable bonds is 8. The van der Waals surface area contributed by atoms with Crippen LogP contribution in [0.5, 0.6) is 0 Å². The zero-order chi connectivity index (χ0) is 21.8. The van der Waals surface area contributed by atoms with Crippen LogP contribution in [0.25, 0.3) is 28.1 Å². The van der Waals surface area contributed by atoms with Gasteiger partial charge < -0.3 is 19.6 Å². The predicted molar refractivity (Wildman–Crippen MR) is 112 cm³/mol. The number of carbonyl (C=O) groups is 2. The third kappa shape index (κ3) is 5.92. The van der Waals surface area contributed by atoms with Gasteiger partial charge in [-0.1, -0.05) is 36.4 Å². The van der Waals surface area contributed by atoms with E-state index >= 15 is 0 Å². The molecule has 7 heteroatoms. The van der Waals surface area contributed by atoms with Crippen molar-refractivity contribution in [3.05, 3.63) is 66.1 Å². The topological polar surface area (TPSA) is 82.4 Å². The molecule has 0 aliphatic rings. The maximum atomic E-state index is 13.5. The van der Waals surface area contributed by atoms with Gasteiger partial charge in [-0.15, -0.1) is 0 Å². The Bertz CT molecular complexity index is 1100. The Morgan fingerprint density at radius 2 is 1.77 bits per heavy atom. The van der Waals surface area contributed by atoms with Crippen molar-refractivity contribution in [2.45, 2.75) is 38.8 Å². The van der Waals surface area contributed by atoms with E-state index in [4.69, 9.17) is 0 Å². The van der Waals surface area contributed by atoms with Gasteiger partial charge in [0.15, 0.2) is 0 Å². The van der Waals surface area contributed by atoms with Crippen LogP contribution in [-0.2, 0) is 9.59 Å². The van der Waals surface area contributed by atoms with E-state index < -0.39 is 24.3 Å². The summed E-state index contributed by atoms with van der Waals surface area (Å²) >= 11 is 0. The smallest absolute Gasteiger partial charge is 0.550 e. The third-order valence-corrected chi connectivity index (χ3v) is 4.85. The quantitative estimate of drug-likeness (QED) is 0.416. The SMILES string of the molecule is CC(C)n1c(/C=C/C(O)CC(=O)CC(=O)[O-])c(-c2ccc(F)cc2)c2ccccc21.[Na+]. The number of hydrogen-bond donors (Lipinski definition) is 1. The van der Waals surface area contributed by atoms with Gasteiger partial charge in [0.25, 0.3) is 0 Å². The number of aromatic nitrogens is 1. The van der Waals surface area contributed by atoms with Crippen LogP contribution in [0.15, 0.2) is 54.6 Å². The zero-order valence-electron chi connectivity index (χ0n) is 17.8. The molecule has 0 bridgehead atoms.